The van der Waals surface area contributed by atoms with Crippen LogP contribution in [-0.2, 0) is 23.8 Å². The summed E-state index contributed by atoms with van der Waals surface area (Å²) in [6, 6.07) is 13.5. The third-order valence-corrected chi connectivity index (χ3v) is 17.5. The predicted molar refractivity (Wildman–Crippen MR) is 278 cm³/mol. The molecule has 4 heterocycles. The van der Waals surface area contributed by atoms with Crippen molar-refractivity contribution in [3.63, 3.8) is 0 Å². The Kier molecular flexibility index (Phi) is 17.3. The Hall–Kier alpha value is -5.51. The maximum atomic E-state index is 14.4. The highest BCUT2D eigenvalue weighted by atomic mass is 32.2. The van der Waals surface area contributed by atoms with Gasteiger partial charge in [0.25, 0.3) is 11.8 Å². The van der Waals surface area contributed by atoms with Crippen LogP contribution in [0.15, 0.2) is 66.7 Å². The molecule has 24 heteroatoms. The number of hydrogen-bond acceptors (Lipinski definition) is 16. The second kappa shape index (κ2) is 22.8. The summed E-state index contributed by atoms with van der Waals surface area (Å²) in [4.78, 5) is 34.1. The van der Waals surface area contributed by atoms with Gasteiger partial charge in [-0.2, -0.15) is 21.6 Å². The van der Waals surface area contributed by atoms with E-state index in [-0.39, 0.29) is 55.3 Å². The number of fused-ring (bicyclic) bond motifs is 4. The number of nitrogen functional groups attached to an aromatic ring is 1. The molecule has 0 aliphatic carbocycles. The molecule has 3 aromatic rings. The molecule has 0 aromatic heterocycles. The summed E-state index contributed by atoms with van der Waals surface area (Å²) in [5, 5.41) is 23.9. The number of rotatable bonds is 23. The molecule has 406 valence electrons. The van der Waals surface area contributed by atoms with Gasteiger partial charge in [-0.3, -0.25) is 9.59 Å². The van der Waals surface area contributed by atoms with Crippen molar-refractivity contribution in [2.45, 2.75) is 114 Å². The lowest BCUT2D eigenvalue weighted by Crippen LogP contribution is -2.48. The number of ether oxygens (including phenoxy) is 6. The van der Waals surface area contributed by atoms with Gasteiger partial charge in [0.05, 0.1) is 62.0 Å². The van der Waals surface area contributed by atoms with E-state index in [9.17, 15) is 41.4 Å². The molecule has 4 N–H and O–H groups in total. The summed E-state index contributed by atoms with van der Waals surface area (Å²) in [5.74, 6) is -0.621. The number of benzene rings is 3. The Morgan fingerprint density at radius 3 is 1.57 bits per heavy atom. The number of halogens is 3. The van der Waals surface area contributed by atoms with Crippen LogP contribution in [0.25, 0.3) is 5.57 Å². The lowest BCUT2D eigenvalue weighted by Gasteiger charge is -2.34. The average molecular weight is 1090 g/mol. The number of aliphatic hydroxyl groups excluding tert-OH is 2. The van der Waals surface area contributed by atoms with Gasteiger partial charge in [0.2, 0.25) is 0 Å². The first-order chi connectivity index (χ1) is 34.8. The molecule has 4 atom stereocenters. The summed E-state index contributed by atoms with van der Waals surface area (Å²) in [5.41, 5.74) is 3.60. The zero-order chi connectivity index (χ0) is 53.9. The number of nitrogens with two attached hydrogens (primary N) is 1. The van der Waals surface area contributed by atoms with Gasteiger partial charge in [-0.25, -0.2) is 0 Å². The molecule has 0 bridgehead atoms. The molecule has 7 rings (SSSR count). The van der Waals surface area contributed by atoms with Gasteiger partial charge in [0, 0.05) is 66.0 Å². The van der Waals surface area contributed by atoms with E-state index < -0.39 is 74.4 Å². The number of carbonyl (C=O) groups excluding carboxylic acids is 2. The van der Waals surface area contributed by atoms with Crippen molar-refractivity contribution in [2.75, 3.05) is 69.6 Å². The monoisotopic (exact) mass is 1090 g/mol. The number of anilines is 3. The molecule has 3 aromatic carbocycles. The molecule has 0 radical (unpaired) electrons. The fraction of sp³-hybridized carbons (Fsp3) is 0.520. The Bertz CT molecular complexity index is 2700. The second-order valence-electron chi connectivity index (χ2n) is 21.1. The second-order valence-corrected chi connectivity index (χ2v) is 33.9. The molecular weight excluding hydrogens is 1020 g/mol. The number of methoxy groups -OCH3 is 2. The van der Waals surface area contributed by atoms with Gasteiger partial charge in [0.15, 0.2) is 23.0 Å². The SMILES string of the molecule is COc1cc2c(cc1OCCCCCOc1cc3c(cc1OC)C(=O)N1C=C(c4ccc(N)cc4)C[C@H]1C(O)N3COCC[Si](C)(C)C)N(COCC[Si](C)(C)C)C(O)[C@@H]1CC(OS(=O)(=O)C(F)(F)F)=CN1C2=O. The third kappa shape index (κ3) is 12.9. The van der Waals surface area contributed by atoms with Crippen molar-refractivity contribution < 1.29 is 74.0 Å². The summed E-state index contributed by atoms with van der Waals surface area (Å²) in [6.07, 6.45) is 1.56. The minimum Gasteiger partial charge on any atom is -0.493 e. The first kappa shape index (κ1) is 56.2. The fourth-order valence-corrected chi connectivity index (χ4v) is 10.9. The number of unbranched alkanes of at least 4 members (excludes halogenated alkanes) is 2. The van der Waals surface area contributed by atoms with Crippen molar-refractivity contribution in [1.82, 2.24) is 9.80 Å². The Morgan fingerprint density at radius 2 is 1.12 bits per heavy atom. The normalized spacial score (nSPS) is 20.0. The van der Waals surface area contributed by atoms with E-state index >= 15 is 0 Å². The van der Waals surface area contributed by atoms with Gasteiger partial charge in [-0.1, -0.05) is 51.4 Å². The van der Waals surface area contributed by atoms with Crippen molar-refractivity contribution in [3.8, 4) is 23.0 Å². The largest absolute Gasteiger partial charge is 0.534 e. The highest BCUT2D eigenvalue weighted by Crippen LogP contribution is 2.45. The number of alkyl halides is 3. The van der Waals surface area contributed by atoms with E-state index in [2.05, 4.69) is 43.5 Å². The predicted octanol–water partition coefficient (Wildman–Crippen LogP) is 7.99. The smallest absolute Gasteiger partial charge is 0.493 e. The number of carbonyl (C=O) groups is 2. The number of nitrogens with zero attached hydrogens (tertiary/aromatic N) is 4. The summed E-state index contributed by atoms with van der Waals surface area (Å²) >= 11 is 0. The van der Waals surface area contributed by atoms with E-state index in [1.54, 1.807) is 40.3 Å². The van der Waals surface area contributed by atoms with Crippen molar-refractivity contribution in [2.24, 2.45) is 0 Å². The maximum Gasteiger partial charge on any atom is 0.534 e. The zero-order valence-electron chi connectivity index (χ0n) is 43.1. The first-order valence-electron chi connectivity index (χ1n) is 24.5. The average Bonchev–Trinajstić information content (AvgIpc) is 3.94. The molecule has 2 unspecified atom stereocenters. The molecule has 74 heavy (non-hydrogen) atoms. The van der Waals surface area contributed by atoms with Crippen LogP contribution >= 0.6 is 0 Å². The lowest BCUT2D eigenvalue weighted by atomic mass is 10.0. The highest BCUT2D eigenvalue weighted by Gasteiger charge is 2.51. The Balaban J connectivity index is 1.04. The van der Waals surface area contributed by atoms with E-state index in [0.717, 1.165) is 34.3 Å². The van der Waals surface area contributed by atoms with E-state index in [1.165, 1.54) is 31.3 Å². The molecular formula is C50H68F3N5O13SSi2. The lowest BCUT2D eigenvalue weighted by molar-refractivity contribution is -0.0523. The summed E-state index contributed by atoms with van der Waals surface area (Å²) in [7, 11) is -6.17. The topological polar surface area (TPSA) is 212 Å². The third-order valence-electron chi connectivity index (χ3n) is 13.1. The number of aliphatic hydroxyl groups is 2. The van der Waals surface area contributed by atoms with Crippen molar-refractivity contribution >= 4 is 60.7 Å². The summed E-state index contributed by atoms with van der Waals surface area (Å²) in [6.45, 7) is 14.4. The molecule has 0 saturated heterocycles. The van der Waals surface area contributed by atoms with E-state index in [0.29, 0.717) is 67.3 Å². The molecule has 4 aliphatic rings. The quantitative estimate of drug-likeness (QED) is 0.0270. The van der Waals surface area contributed by atoms with Crippen LogP contribution < -0.4 is 34.5 Å². The minimum absolute atomic E-state index is 0.0108. The highest BCUT2D eigenvalue weighted by molar-refractivity contribution is 7.87. The van der Waals surface area contributed by atoms with Crippen molar-refractivity contribution in [1.29, 1.82) is 0 Å². The number of amides is 2. The minimum atomic E-state index is -6.05. The zero-order valence-corrected chi connectivity index (χ0v) is 45.9. The number of hydrogen-bond donors (Lipinski definition) is 3. The van der Waals surface area contributed by atoms with E-state index in [4.69, 9.17) is 34.2 Å². The van der Waals surface area contributed by atoms with Crippen LogP contribution in [0, 0.1) is 0 Å². The van der Waals surface area contributed by atoms with Crippen LogP contribution in [0.5, 0.6) is 23.0 Å². The Labute approximate surface area is 432 Å². The standard InChI is InChI=1S/C50H68F3N5O13SSi2/c1-65-42-24-36-38(57(30-67-18-20-73(3,4)5)48(61)40-22-33(28-55(40)46(36)59)32-12-14-34(54)15-13-32)26-44(42)69-16-10-9-11-17-70-45-27-39-37(25-43(45)66-2)47(60)56-29-35(71-72(63,64)50(51,52)53)23-41(56)49(62)58(39)31-68-19-21-74(6,7)8/h12-15,24-29,40-41,48-49,61-62H,9-11,16-23,30-31,54H2,1-8H3/t40-,41-,48?,49?/m0/s1. The Morgan fingerprint density at radius 1 is 0.662 bits per heavy atom. The molecule has 2 amide bonds. The van der Waals surface area contributed by atoms with Crippen LogP contribution in [0.4, 0.5) is 30.2 Å². The fourth-order valence-electron chi connectivity index (χ4n) is 8.86. The first-order valence-corrected chi connectivity index (χ1v) is 33.3. The van der Waals surface area contributed by atoms with Crippen LogP contribution in [0.2, 0.25) is 51.4 Å². The van der Waals surface area contributed by atoms with Gasteiger partial charge in [0.1, 0.15) is 31.7 Å². The molecule has 4 aliphatic heterocycles. The molecule has 0 saturated carbocycles. The van der Waals surface area contributed by atoms with Crippen molar-refractivity contribution in [3.05, 3.63) is 83.4 Å². The summed E-state index contributed by atoms with van der Waals surface area (Å²) < 4.78 is 104. The van der Waals surface area contributed by atoms with Crippen LogP contribution in [0.3, 0.4) is 0 Å². The van der Waals surface area contributed by atoms with Gasteiger partial charge in [-0.15, -0.1) is 0 Å². The van der Waals surface area contributed by atoms with Crippen LogP contribution in [0.1, 0.15) is 58.4 Å². The molecule has 0 fully saturated rings. The molecule has 0 spiro atoms. The molecule has 18 nitrogen and oxygen atoms in total. The van der Waals surface area contributed by atoms with Gasteiger partial charge in [-0.05, 0) is 73.2 Å². The van der Waals surface area contributed by atoms with E-state index in [1.807, 2.05) is 12.1 Å². The van der Waals surface area contributed by atoms with Gasteiger partial charge < -0.3 is 68.2 Å². The van der Waals surface area contributed by atoms with Gasteiger partial charge >= 0.3 is 15.6 Å². The van der Waals surface area contributed by atoms with Crippen LogP contribution in [-0.4, -0.2) is 141 Å². The maximum absolute atomic E-state index is 14.4.